The van der Waals surface area contributed by atoms with Crippen LogP contribution in [0.1, 0.15) is 27.0 Å². The number of aryl methyl sites for hydroxylation is 3. The summed E-state index contributed by atoms with van der Waals surface area (Å²) in [6.07, 6.45) is 0. The minimum Gasteiger partial charge on any atom is -0.478 e. The average Bonchev–Trinajstić information content (AvgIpc) is 3.25. The highest BCUT2D eigenvalue weighted by molar-refractivity contribution is 5.89. The Morgan fingerprint density at radius 3 is 2.46 bits per heavy atom. The molecule has 0 bridgehead atoms. The van der Waals surface area contributed by atoms with Gasteiger partial charge >= 0.3 is 5.97 Å². The maximum absolute atomic E-state index is 11.1. The van der Waals surface area contributed by atoms with E-state index in [1.165, 1.54) is 6.07 Å². The van der Waals surface area contributed by atoms with Crippen LogP contribution in [0.3, 0.4) is 0 Å². The van der Waals surface area contributed by atoms with Crippen LogP contribution in [0.15, 0.2) is 45.3 Å². The number of rotatable bonds is 3. The van der Waals surface area contributed by atoms with Crippen LogP contribution in [0, 0.1) is 20.8 Å². The van der Waals surface area contributed by atoms with Gasteiger partial charge in [0.05, 0.1) is 5.56 Å². The van der Waals surface area contributed by atoms with Crippen LogP contribution in [0.4, 0.5) is 0 Å². The molecule has 130 valence electrons. The molecule has 4 rings (SSSR count). The van der Waals surface area contributed by atoms with Crippen molar-refractivity contribution in [1.29, 1.82) is 0 Å². The lowest BCUT2D eigenvalue weighted by molar-refractivity contribution is 0.0697. The Labute approximate surface area is 149 Å². The van der Waals surface area contributed by atoms with Gasteiger partial charge in [-0.2, -0.15) is 4.98 Å². The molecule has 2 aromatic carbocycles. The first kappa shape index (κ1) is 16.1. The van der Waals surface area contributed by atoms with Crippen LogP contribution in [-0.4, -0.2) is 21.2 Å². The molecule has 0 radical (unpaired) electrons. The highest BCUT2D eigenvalue weighted by Gasteiger charge is 2.18. The molecule has 0 spiro atoms. The monoisotopic (exact) mass is 348 g/mol. The van der Waals surface area contributed by atoms with Crippen LogP contribution in [0.2, 0.25) is 0 Å². The van der Waals surface area contributed by atoms with Crippen molar-refractivity contribution in [2.24, 2.45) is 0 Å². The van der Waals surface area contributed by atoms with E-state index in [2.05, 4.69) is 10.1 Å². The van der Waals surface area contributed by atoms with Crippen molar-refractivity contribution >= 4 is 16.9 Å². The molecule has 0 aliphatic carbocycles. The van der Waals surface area contributed by atoms with Crippen molar-refractivity contribution in [3.63, 3.8) is 0 Å². The molecule has 2 aromatic heterocycles. The molecule has 0 unspecified atom stereocenters. The second kappa shape index (κ2) is 5.84. The summed E-state index contributed by atoms with van der Waals surface area (Å²) in [4.78, 5) is 15.5. The van der Waals surface area contributed by atoms with E-state index >= 15 is 0 Å². The molecular weight excluding hydrogens is 332 g/mol. The molecule has 0 saturated carbocycles. The number of fused-ring (bicyclic) bond motifs is 1. The summed E-state index contributed by atoms with van der Waals surface area (Å²) < 4.78 is 11.3. The van der Waals surface area contributed by atoms with E-state index in [-0.39, 0.29) is 5.56 Å². The third-order valence-corrected chi connectivity index (χ3v) is 4.45. The molecule has 0 aliphatic heterocycles. The van der Waals surface area contributed by atoms with E-state index < -0.39 is 5.97 Å². The summed E-state index contributed by atoms with van der Waals surface area (Å²) >= 11 is 0. The lowest BCUT2D eigenvalue weighted by atomic mass is 10.1. The van der Waals surface area contributed by atoms with Crippen molar-refractivity contribution in [3.8, 4) is 23.0 Å². The van der Waals surface area contributed by atoms with Crippen molar-refractivity contribution < 1.29 is 18.8 Å². The highest BCUT2D eigenvalue weighted by Crippen LogP contribution is 2.32. The Hall–Kier alpha value is -3.41. The number of furan rings is 1. The van der Waals surface area contributed by atoms with Crippen molar-refractivity contribution in [3.05, 3.63) is 58.7 Å². The summed E-state index contributed by atoms with van der Waals surface area (Å²) in [7, 11) is 0. The third-order valence-electron chi connectivity index (χ3n) is 4.45. The predicted molar refractivity (Wildman–Crippen MR) is 96.1 cm³/mol. The van der Waals surface area contributed by atoms with Crippen LogP contribution in [0.25, 0.3) is 34.0 Å². The minimum atomic E-state index is -0.973. The molecule has 1 N–H and O–H groups in total. The maximum atomic E-state index is 11.1. The quantitative estimate of drug-likeness (QED) is 0.573. The van der Waals surface area contributed by atoms with Gasteiger partial charge in [-0.25, -0.2) is 4.79 Å². The topological polar surface area (TPSA) is 89.4 Å². The number of carbonyl (C=O) groups is 1. The Kier molecular flexibility index (Phi) is 3.61. The maximum Gasteiger partial charge on any atom is 0.335 e. The summed E-state index contributed by atoms with van der Waals surface area (Å²) in [6, 6.07) is 10.7. The van der Waals surface area contributed by atoms with E-state index in [0.717, 1.165) is 27.7 Å². The van der Waals surface area contributed by atoms with E-state index in [1.807, 2.05) is 32.0 Å². The van der Waals surface area contributed by atoms with Gasteiger partial charge in [0.1, 0.15) is 5.58 Å². The molecule has 0 atom stereocenters. The third kappa shape index (κ3) is 2.56. The van der Waals surface area contributed by atoms with Gasteiger partial charge in [-0.3, -0.25) is 0 Å². The van der Waals surface area contributed by atoms with Crippen LogP contribution in [0.5, 0.6) is 0 Å². The van der Waals surface area contributed by atoms with Gasteiger partial charge in [0.15, 0.2) is 5.76 Å². The first-order valence-electron chi connectivity index (χ1n) is 8.12. The smallest absolute Gasteiger partial charge is 0.335 e. The number of aromatic carboxylic acids is 1. The number of aromatic nitrogens is 2. The van der Waals surface area contributed by atoms with Gasteiger partial charge in [0.2, 0.25) is 5.82 Å². The number of hydrogen-bond donors (Lipinski definition) is 1. The first-order valence-corrected chi connectivity index (χ1v) is 8.12. The summed E-state index contributed by atoms with van der Waals surface area (Å²) in [6.45, 7) is 5.82. The van der Waals surface area contributed by atoms with E-state index in [1.54, 1.807) is 19.1 Å². The van der Waals surface area contributed by atoms with Gasteiger partial charge < -0.3 is 14.0 Å². The Balaban J connectivity index is 1.76. The van der Waals surface area contributed by atoms with E-state index in [0.29, 0.717) is 23.0 Å². The van der Waals surface area contributed by atoms with Gasteiger partial charge in [-0.1, -0.05) is 17.3 Å². The number of carboxylic acid groups (broad SMARTS) is 1. The van der Waals surface area contributed by atoms with Gasteiger partial charge in [0.25, 0.3) is 5.89 Å². The molecule has 0 fully saturated rings. The largest absolute Gasteiger partial charge is 0.478 e. The van der Waals surface area contributed by atoms with Gasteiger partial charge in [-0.05, 0) is 61.7 Å². The number of hydrogen-bond acceptors (Lipinski definition) is 5. The lowest BCUT2D eigenvalue weighted by Gasteiger charge is -2.01. The average molecular weight is 348 g/mol. The zero-order chi connectivity index (χ0) is 18.4. The van der Waals surface area contributed by atoms with Crippen molar-refractivity contribution in [1.82, 2.24) is 10.1 Å². The minimum absolute atomic E-state index is 0.217. The zero-order valence-electron chi connectivity index (χ0n) is 14.5. The first-order chi connectivity index (χ1) is 12.4. The van der Waals surface area contributed by atoms with Gasteiger partial charge in [-0.15, -0.1) is 0 Å². The fraction of sp³-hybridized carbons (Fsp3) is 0.150. The number of carboxylic acids is 1. The summed E-state index contributed by atoms with van der Waals surface area (Å²) in [5, 5.41) is 14.1. The predicted octanol–water partition coefficient (Wildman–Crippen LogP) is 4.77. The normalized spacial score (nSPS) is 11.2. The standard InChI is InChI=1S/C20H16N2O4/c1-10-4-5-11(2)17-15(10)9-16(25-17)18-21-19(26-22-18)14-7-6-13(20(23)24)8-12(14)3/h4-9H,1-3H3,(H,23,24). The zero-order valence-corrected chi connectivity index (χ0v) is 14.5. The number of nitrogens with zero attached hydrogens (tertiary/aromatic N) is 2. The molecule has 6 heteroatoms. The van der Waals surface area contributed by atoms with Crippen LogP contribution >= 0.6 is 0 Å². The van der Waals surface area contributed by atoms with Gasteiger partial charge in [0, 0.05) is 10.9 Å². The molecule has 0 amide bonds. The fourth-order valence-corrected chi connectivity index (χ4v) is 2.97. The Morgan fingerprint density at radius 1 is 1.00 bits per heavy atom. The van der Waals surface area contributed by atoms with Crippen molar-refractivity contribution in [2.45, 2.75) is 20.8 Å². The SMILES string of the molecule is Cc1cc(C(=O)O)ccc1-c1nc(-c2cc3c(C)ccc(C)c3o2)no1. The van der Waals surface area contributed by atoms with Crippen LogP contribution < -0.4 is 0 Å². The molecular formula is C20H16N2O4. The van der Waals surface area contributed by atoms with E-state index in [4.69, 9.17) is 14.0 Å². The second-order valence-corrected chi connectivity index (χ2v) is 6.31. The Morgan fingerprint density at radius 2 is 1.77 bits per heavy atom. The van der Waals surface area contributed by atoms with Crippen molar-refractivity contribution in [2.75, 3.05) is 0 Å². The second-order valence-electron chi connectivity index (χ2n) is 6.31. The molecule has 6 nitrogen and oxygen atoms in total. The molecule has 0 aliphatic rings. The van der Waals surface area contributed by atoms with Crippen LogP contribution in [-0.2, 0) is 0 Å². The highest BCUT2D eigenvalue weighted by atomic mass is 16.5. The summed E-state index contributed by atoms with van der Waals surface area (Å²) in [5.74, 6) is 0.242. The molecule has 0 saturated heterocycles. The summed E-state index contributed by atoms with van der Waals surface area (Å²) in [5.41, 5.74) is 4.63. The van der Waals surface area contributed by atoms with E-state index in [9.17, 15) is 4.79 Å². The molecule has 4 aromatic rings. The lowest BCUT2D eigenvalue weighted by Crippen LogP contribution is -1.97. The Bertz CT molecular complexity index is 1120. The molecule has 26 heavy (non-hydrogen) atoms. The fourth-order valence-electron chi connectivity index (χ4n) is 2.97. The number of benzene rings is 2. The molecule has 2 heterocycles.